The Morgan fingerprint density at radius 1 is 0.710 bits per heavy atom. The number of aromatic nitrogens is 6. The highest BCUT2D eigenvalue weighted by Gasteiger charge is 2.41. The number of imidazole rings is 2. The van der Waals surface area contributed by atoms with Crippen LogP contribution >= 0.6 is 0 Å². The zero-order valence-corrected chi connectivity index (χ0v) is 34.8. The van der Waals surface area contributed by atoms with Gasteiger partial charge in [0.1, 0.15) is 23.7 Å². The maximum atomic E-state index is 14.0. The van der Waals surface area contributed by atoms with Crippen molar-refractivity contribution in [2.75, 3.05) is 46.6 Å². The van der Waals surface area contributed by atoms with Crippen LogP contribution in [0.4, 0.5) is 4.79 Å². The number of rotatable bonds is 12. The zero-order chi connectivity index (χ0) is 42.6. The Balaban J connectivity index is 0.862. The van der Waals surface area contributed by atoms with Gasteiger partial charge >= 0.3 is 6.09 Å². The number of fused-ring (bicyclic) bond motifs is 1. The molecule has 4 aromatic heterocycles. The van der Waals surface area contributed by atoms with E-state index in [1.165, 1.54) is 7.11 Å². The first-order chi connectivity index (χ1) is 30.4. The lowest BCUT2D eigenvalue weighted by Gasteiger charge is -2.34. The second kappa shape index (κ2) is 18.4. The van der Waals surface area contributed by atoms with Gasteiger partial charge in [0.15, 0.2) is 0 Å². The normalized spacial score (nSPS) is 20.9. The topological polar surface area (TPSA) is 210 Å². The number of benzene rings is 1. The summed E-state index contributed by atoms with van der Waals surface area (Å²) in [5.74, 6) is 1.23. The quantitative estimate of drug-likeness (QED) is 0.122. The molecule has 4 aliphatic rings. The number of H-pyrrole nitrogens is 2. The van der Waals surface area contributed by atoms with E-state index in [0.717, 1.165) is 89.0 Å². The van der Waals surface area contributed by atoms with Gasteiger partial charge in [-0.3, -0.25) is 24.4 Å². The molecule has 0 unspecified atom stereocenters. The molecule has 4 fully saturated rings. The molecule has 1 aromatic carbocycles. The van der Waals surface area contributed by atoms with Gasteiger partial charge in [-0.2, -0.15) is 0 Å². The van der Waals surface area contributed by atoms with Crippen molar-refractivity contribution in [3.8, 4) is 33.8 Å². The van der Waals surface area contributed by atoms with Gasteiger partial charge in [-0.05, 0) is 87.5 Å². The van der Waals surface area contributed by atoms with Crippen molar-refractivity contribution in [1.82, 2.24) is 50.3 Å². The number of alkyl carbamates (subject to hydrolysis) is 1. The molecule has 17 heteroatoms. The highest BCUT2D eigenvalue weighted by Crippen LogP contribution is 2.36. The van der Waals surface area contributed by atoms with Gasteiger partial charge in [0.25, 0.3) is 0 Å². The Morgan fingerprint density at radius 3 is 1.89 bits per heavy atom. The number of pyridine rings is 2. The van der Waals surface area contributed by atoms with E-state index in [4.69, 9.17) is 34.1 Å². The molecule has 9 rings (SSSR count). The van der Waals surface area contributed by atoms with E-state index in [1.807, 2.05) is 52.5 Å². The van der Waals surface area contributed by atoms with E-state index in [0.29, 0.717) is 64.6 Å². The summed E-state index contributed by atoms with van der Waals surface area (Å²) in [7, 11) is 1.30. The Kier molecular flexibility index (Phi) is 12.2. The van der Waals surface area contributed by atoms with Crippen molar-refractivity contribution in [2.45, 2.75) is 75.5 Å². The van der Waals surface area contributed by atoms with Gasteiger partial charge in [-0.15, -0.1) is 0 Å². The summed E-state index contributed by atoms with van der Waals surface area (Å²) >= 11 is 0. The fourth-order valence-corrected chi connectivity index (χ4v) is 9.59. The summed E-state index contributed by atoms with van der Waals surface area (Å²) in [4.78, 5) is 81.1. The molecule has 324 valence electrons. The number of ether oxygens (including phenoxy) is 3. The van der Waals surface area contributed by atoms with Crippen molar-refractivity contribution < 1.29 is 33.4 Å². The van der Waals surface area contributed by atoms with Gasteiger partial charge < -0.3 is 44.6 Å². The molecule has 0 radical (unpaired) electrons. The summed E-state index contributed by atoms with van der Waals surface area (Å²) in [5.41, 5.74) is 5.89. The van der Waals surface area contributed by atoms with Crippen LogP contribution < -0.4 is 10.6 Å². The molecule has 0 spiro atoms. The monoisotopic (exact) mass is 844 g/mol. The van der Waals surface area contributed by atoms with Crippen LogP contribution in [0.25, 0.3) is 44.7 Å². The van der Waals surface area contributed by atoms with Crippen molar-refractivity contribution in [1.29, 1.82) is 0 Å². The molecule has 4 aliphatic heterocycles. The predicted octanol–water partition coefficient (Wildman–Crippen LogP) is 5.10. The highest BCUT2D eigenvalue weighted by molar-refractivity contribution is 5.88. The number of hydrogen-bond donors (Lipinski definition) is 4. The van der Waals surface area contributed by atoms with E-state index in [1.54, 1.807) is 12.4 Å². The zero-order valence-electron chi connectivity index (χ0n) is 34.8. The van der Waals surface area contributed by atoms with Crippen molar-refractivity contribution in [2.24, 2.45) is 11.8 Å². The second-order valence-corrected chi connectivity index (χ2v) is 16.6. The van der Waals surface area contributed by atoms with E-state index in [-0.39, 0.29) is 35.7 Å². The Hall–Kier alpha value is -6.20. The van der Waals surface area contributed by atoms with Crippen LogP contribution in [0.2, 0.25) is 0 Å². The average molecular weight is 845 g/mol. The lowest BCUT2D eigenvalue weighted by atomic mass is 9.90. The molecule has 0 saturated carbocycles. The molecule has 4 saturated heterocycles. The maximum absolute atomic E-state index is 14.0. The molecular formula is C45H52N10O7. The average Bonchev–Trinajstić information content (AvgIpc) is 4.17. The third kappa shape index (κ3) is 8.50. The minimum atomic E-state index is -0.696. The first-order valence-corrected chi connectivity index (χ1v) is 21.7. The number of aromatic amines is 2. The molecule has 8 heterocycles. The van der Waals surface area contributed by atoms with E-state index in [9.17, 15) is 19.2 Å². The van der Waals surface area contributed by atoms with Crippen LogP contribution in [0, 0.1) is 11.8 Å². The molecule has 5 aromatic rings. The van der Waals surface area contributed by atoms with Crippen LogP contribution in [0.1, 0.15) is 75.1 Å². The second-order valence-electron chi connectivity index (χ2n) is 16.6. The van der Waals surface area contributed by atoms with E-state index >= 15 is 0 Å². The van der Waals surface area contributed by atoms with Crippen LogP contribution in [0.15, 0.2) is 61.2 Å². The van der Waals surface area contributed by atoms with Gasteiger partial charge in [0.05, 0.1) is 54.2 Å². The third-order valence-electron chi connectivity index (χ3n) is 13.0. The van der Waals surface area contributed by atoms with Crippen molar-refractivity contribution >= 4 is 35.2 Å². The third-order valence-corrected chi connectivity index (χ3v) is 13.0. The molecule has 17 nitrogen and oxygen atoms in total. The summed E-state index contributed by atoms with van der Waals surface area (Å²) in [6.07, 6.45) is 13.3. The van der Waals surface area contributed by atoms with Crippen molar-refractivity contribution in [3.63, 3.8) is 0 Å². The summed E-state index contributed by atoms with van der Waals surface area (Å²) in [6.45, 7) is 3.47. The van der Waals surface area contributed by atoms with Crippen LogP contribution in [0.5, 0.6) is 0 Å². The standard InChI is InChI=1S/C45H52N10O7/c1-60-45(59)53-40(28-12-18-62-19-13-28)44(58)55-15-3-5-38(55)41-48-24-35(51-41)31-8-9-33(46-22-31)30-7-6-29-20-32(23-47-34(29)21-30)36-25-49-42(52-36)37-4-2-14-54(37)43(57)39(50-26-56)27-10-16-61-17-11-27/h6-9,20-28,37-40H,2-5,10-19H2,1H3,(H,48,51)(H,49,52)(H,50,56)(H,53,59)/t37-,38-,39-,40-/m0/s1. The molecular weight excluding hydrogens is 793 g/mol. The maximum Gasteiger partial charge on any atom is 0.407 e. The van der Waals surface area contributed by atoms with E-state index in [2.05, 4.69) is 26.7 Å². The number of nitrogens with zero attached hydrogens (tertiary/aromatic N) is 6. The molecule has 4 N–H and O–H groups in total. The first kappa shape index (κ1) is 41.2. The van der Waals surface area contributed by atoms with Gasteiger partial charge in [0, 0.05) is 74.0 Å². The molecule has 4 amide bonds. The van der Waals surface area contributed by atoms with Crippen LogP contribution in [0.3, 0.4) is 0 Å². The minimum Gasteiger partial charge on any atom is -0.453 e. The van der Waals surface area contributed by atoms with Crippen LogP contribution in [-0.2, 0) is 28.6 Å². The Morgan fingerprint density at radius 2 is 1.29 bits per heavy atom. The van der Waals surface area contributed by atoms with Crippen molar-refractivity contribution in [3.05, 3.63) is 72.8 Å². The SMILES string of the molecule is COC(=O)N[C@H](C(=O)N1CCC[C@H]1c1ncc(-c2ccc(-c3ccc4cc(-c5cnc([C@@H]6CCCN6C(=O)[C@@H](NC=O)C6CCOCC6)[nH]5)cnc4c3)nc2)[nH]1)C1CCOCC1. The number of nitrogens with one attached hydrogen (secondary N) is 4. The number of amides is 4. The molecule has 0 bridgehead atoms. The summed E-state index contributed by atoms with van der Waals surface area (Å²) in [6, 6.07) is 10.4. The smallest absolute Gasteiger partial charge is 0.407 e. The van der Waals surface area contributed by atoms with Gasteiger partial charge in [-0.25, -0.2) is 14.8 Å². The Labute approximate surface area is 358 Å². The number of hydrogen-bond acceptors (Lipinski definition) is 11. The molecule has 0 aliphatic carbocycles. The number of carbonyl (C=O) groups excluding carboxylic acids is 4. The summed E-state index contributed by atoms with van der Waals surface area (Å²) in [5, 5.41) is 6.57. The fraction of sp³-hybridized carbons (Fsp3) is 0.467. The summed E-state index contributed by atoms with van der Waals surface area (Å²) < 4.78 is 15.9. The number of methoxy groups -OCH3 is 1. The highest BCUT2D eigenvalue weighted by atomic mass is 16.5. The van der Waals surface area contributed by atoms with Crippen LogP contribution in [-0.4, -0.2) is 123 Å². The molecule has 62 heavy (non-hydrogen) atoms. The minimum absolute atomic E-state index is 0.0372. The Bertz CT molecular complexity index is 2390. The number of carbonyl (C=O) groups is 4. The van der Waals surface area contributed by atoms with E-state index < -0.39 is 18.2 Å². The largest absolute Gasteiger partial charge is 0.453 e. The van der Waals surface area contributed by atoms with Gasteiger partial charge in [0.2, 0.25) is 18.2 Å². The molecule has 4 atom stereocenters. The lowest BCUT2D eigenvalue weighted by molar-refractivity contribution is -0.138. The predicted molar refractivity (Wildman–Crippen MR) is 227 cm³/mol. The van der Waals surface area contributed by atoms with Gasteiger partial charge in [-0.1, -0.05) is 12.1 Å². The fourth-order valence-electron chi connectivity index (χ4n) is 9.59. The lowest BCUT2D eigenvalue weighted by Crippen LogP contribution is -2.53. The first-order valence-electron chi connectivity index (χ1n) is 21.7. The number of likely N-dealkylation sites (tertiary alicyclic amines) is 2.